The average Bonchev–Trinajstić information content (AvgIpc) is 2.86. The summed E-state index contributed by atoms with van der Waals surface area (Å²) in [5, 5.41) is 4.88. The first-order valence-electron chi connectivity index (χ1n) is 5.56. The summed E-state index contributed by atoms with van der Waals surface area (Å²) in [6, 6.07) is 5.31. The molecule has 0 radical (unpaired) electrons. The van der Waals surface area contributed by atoms with Gasteiger partial charge in [0.25, 0.3) is 0 Å². The number of rotatable bonds is 4. The summed E-state index contributed by atoms with van der Waals surface area (Å²) in [6.07, 6.45) is 2.90. The smallest absolute Gasteiger partial charge is 0.244 e. The lowest BCUT2D eigenvalue weighted by molar-refractivity contribution is -0.131. The molecular weight excluding hydrogens is 287 g/mol. The van der Waals surface area contributed by atoms with Crippen LogP contribution in [0.5, 0.6) is 0 Å². The summed E-state index contributed by atoms with van der Waals surface area (Å²) < 4.78 is 1.48. The van der Waals surface area contributed by atoms with Crippen molar-refractivity contribution in [1.82, 2.24) is 19.7 Å². The third kappa shape index (κ3) is 3.68. The van der Waals surface area contributed by atoms with Gasteiger partial charge in [-0.05, 0) is 17.7 Å². The molecule has 0 fully saturated rings. The van der Waals surface area contributed by atoms with Gasteiger partial charge in [-0.1, -0.05) is 29.3 Å². The predicted molar refractivity (Wildman–Crippen MR) is 73.0 cm³/mol. The molecule has 0 atom stereocenters. The Hall–Kier alpha value is -1.59. The van der Waals surface area contributed by atoms with Gasteiger partial charge < -0.3 is 4.90 Å². The van der Waals surface area contributed by atoms with Gasteiger partial charge >= 0.3 is 0 Å². The van der Waals surface area contributed by atoms with Crippen LogP contribution in [0.2, 0.25) is 10.0 Å². The van der Waals surface area contributed by atoms with E-state index in [1.165, 1.54) is 17.3 Å². The number of hydrogen-bond donors (Lipinski definition) is 0. The monoisotopic (exact) mass is 298 g/mol. The summed E-state index contributed by atoms with van der Waals surface area (Å²) in [4.78, 5) is 17.3. The first-order chi connectivity index (χ1) is 9.06. The van der Waals surface area contributed by atoms with Crippen LogP contribution in [0.4, 0.5) is 0 Å². The Kier molecular flexibility index (Phi) is 4.39. The highest BCUT2D eigenvalue weighted by Gasteiger charge is 2.11. The maximum absolute atomic E-state index is 11.9. The molecule has 0 unspecified atom stereocenters. The maximum Gasteiger partial charge on any atom is 0.244 e. The largest absolute Gasteiger partial charge is 0.340 e. The van der Waals surface area contributed by atoms with E-state index >= 15 is 0 Å². The van der Waals surface area contributed by atoms with Crippen molar-refractivity contribution in [3.05, 3.63) is 46.5 Å². The molecule has 7 heteroatoms. The minimum absolute atomic E-state index is 0.0587. The molecule has 0 saturated heterocycles. The molecule has 0 bridgehead atoms. The second-order valence-electron chi connectivity index (χ2n) is 4.09. The van der Waals surface area contributed by atoms with Crippen molar-refractivity contribution >= 4 is 29.1 Å². The number of amides is 1. The van der Waals surface area contributed by atoms with Crippen molar-refractivity contribution in [1.29, 1.82) is 0 Å². The van der Waals surface area contributed by atoms with Crippen LogP contribution in [0.3, 0.4) is 0 Å². The third-order valence-electron chi connectivity index (χ3n) is 2.59. The topological polar surface area (TPSA) is 51.0 Å². The van der Waals surface area contributed by atoms with Crippen LogP contribution in [0.1, 0.15) is 5.56 Å². The molecule has 0 spiro atoms. The molecule has 0 aliphatic heterocycles. The van der Waals surface area contributed by atoms with Gasteiger partial charge in [0.1, 0.15) is 19.2 Å². The highest BCUT2D eigenvalue weighted by molar-refractivity contribution is 6.42. The standard InChI is InChI=1S/C12H12Cl2N4O/c1-17(12(19)6-18-8-15-7-16-18)5-9-2-3-10(13)11(14)4-9/h2-4,7-8H,5-6H2,1H3. The molecule has 1 aromatic heterocycles. The Labute approximate surface area is 120 Å². The number of nitrogens with zero attached hydrogens (tertiary/aromatic N) is 4. The lowest BCUT2D eigenvalue weighted by atomic mass is 10.2. The third-order valence-corrected chi connectivity index (χ3v) is 3.33. The molecule has 2 rings (SSSR count). The van der Waals surface area contributed by atoms with Crippen molar-refractivity contribution < 1.29 is 4.79 Å². The second-order valence-corrected chi connectivity index (χ2v) is 4.91. The average molecular weight is 299 g/mol. The van der Waals surface area contributed by atoms with Crippen LogP contribution in [0.25, 0.3) is 0 Å². The fraction of sp³-hybridized carbons (Fsp3) is 0.250. The Morgan fingerprint density at radius 3 is 2.79 bits per heavy atom. The Morgan fingerprint density at radius 2 is 2.16 bits per heavy atom. The van der Waals surface area contributed by atoms with E-state index in [1.54, 1.807) is 24.1 Å². The summed E-state index contributed by atoms with van der Waals surface area (Å²) in [5.74, 6) is -0.0587. The molecule has 0 aliphatic rings. The number of halogens is 2. The van der Waals surface area contributed by atoms with E-state index < -0.39 is 0 Å². The molecule has 1 amide bonds. The number of carbonyl (C=O) groups is 1. The molecule has 0 saturated carbocycles. The molecule has 1 aromatic carbocycles. The molecular formula is C12H12Cl2N4O. The minimum Gasteiger partial charge on any atom is -0.340 e. The van der Waals surface area contributed by atoms with E-state index in [0.717, 1.165) is 5.56 Å². The first-order valence-corrected chi connectivity index (χ1v) is 6.32. The van der Waals surface area contributed by atoms with Crippen molar-refractivity contribution in [2.45, 2.75) is 13.1 Å². The molecule has 2 aromatic rings. The Balaban J connectivity index is 1.98. The van der Waals surface area contributed by atoms with Gasteiger partial charge in [0.2, 0.25) is 5.91 Å². The van der Waals surface area contributed by atoms with E-state index in [4.69, 9.17) is 23.2 Å². The molecule has 5 nitrogen and oxygen atoms in total. The van der Waals surface area contributed by atoms with Gasteiger partial charge in [-0.3, -0.25) is 4.79 Å². The van der Waals surface area contributed by atoms with Crippen molar-refractivity contribution in [3.8, 4) is 0 Å². The number of benzene rings is 1. The van der Waals surface area contributed by atoms with Gasteiger partial charge in [-0.2, -0.15) is 5.10 Å². The van der Waals surface area contributed by atoms with E-state index in [1.807, 2.05) is 6.07 Å². The summed E-state index contributed by atoms with van der Waals surface area (Å²) in [6.45, 7) is 0.627. The number of hydrogen-bond acceptors (Lipinski definition) is 3. The summed E-state index contributed by atoms with van der Waals surface area (Å²) in [7, 11) is 1.72. The van der Waals surface area contributed by atoms with E-state index in [9.17, 15) is 4.79 Å². The Bertz CT molecular complexity index is 571. The van der Waals surface area contributed by atoms with Crippen molar-refractivity contribution in [3.63, 3.8) is 0 Å². The lowest BCUT2D eigenvalue weighted by Crippen LogP contribution is -2.29. The molecule has 0 N–H and O–H groups in total. The van der Waals surface area contributed by atoms with Gasteiger partial charge in [-0.25, -0.2) is 9.67 Å². The van der Waals surface area contributed by atoms with Gasteiger partial charge in [-0.15, -0.1) is 0 Å². The second kappa shape index (κ2) is 6.04. The predicted octanol–water partition coefficient (Wildman–Crippen LogP) is 2.24. The molecule has 0 aliphatic carbocycles. The van der Waals surface area contributed by atoms with Crippen LogP contribution in [0, 0.1) is 0 Å². The SMILES string of the molecule is CN(Cc1ccc(Cl)c(Cl)c1)C(=O)Cn1cncn1. The molecule has 1 heterocycles. The van der Waals surface area contributed by atoms with Gasteiger partial charge in [0.15, 0.2) is 0 Å². The summed E-state index contributed by atoms with van der Waals surface area (Å²) in [5.41, 5.74) is 0.920. The van der Waals surface area contributed by atoms with Crippen LogP contribution >= 0.6 is 23.2 Å². The van der Waals surface area contributed by atoms with Crippen molar-refractivity contribution in [2.75, 3.05) is 7.05 Å². The molecule has 19 heavy (non-hydrogen) atoms. The summed E-state index contributed by atoms with van der Waals surface area (Å²) >= 11 is 11.8. The number of likely N-dealkylation sites (N-methyl/N-ethyl adjacent to an activating group) is 1. The van der Waals surface area contributed by atoms with Crippen LogP contribution < -0.4 is 0 Å². The number of aromatic nitrogens is 3. The lowest BCUT2D eigenvalue weighted by Gasteiger charge is -2.17. The highest BCUT2D eigenvalue weighted by Crippen LogP contribution is 2.23. The van der Waals surface area contributed by atoms with E-state index in [2.05, 4.69) is 10.1 Å². The molecule has 100 valence electrons. The number of carbonyl (C=O) groups excluding carboxylic acids is 1. The van der Waals surface area contributed by atoms with Gasteiger partial charge in [0, 0.05) is 13.6 Å². The van der Waals surface area contributed by atoms with Crippen molar-refractivity contribution in [2.24, 2.45) is 0 Å². The quantitative estimate of drug-likeness (QED) is 0.870. The van der Waals surface area contributed by atoms with Gasteiger partial charge in [0.05, 0.1) is 10.0 Å². The van der Waals surface area contributed by atoms with Crippen LogP contribution in [-0.2, 0) is 17.9 Å². The van der Waals surface area contributed by atoms with Crippen LogP contribution in [0.15, 0.2) is 30.9 Å². The first kappa shape index (κ1) is 13.8. The maximum atomic E-state index is 11.9. The van der Waals surface area contributed by atoms with E-state index in [0.29, 0.717) is 16.6 Å². The minimum atomic E-state index is -0.0587. The fourth-order valence-electron chi connectivity index (χ4n) is 1.57. The zero-order valence-electron chi connectivity index (χ0n) is 10.3. The zero-order valence-corrected chi connectivity index (χ0v) is 11.8. The van der Waals surface area contributed by atoms with Crippen LogP contribution in [-0.4, -0.2) is 32.6 Å². The highest BCUT2D eigenvalue weighted by atomic mass is 35.5. The normalized spacial score (nSPS) is 10.5. The Morgan fingerprint density at radius 1 is 1.37 bits per heavy atom. The fourth-order valence-corrected chi connectivity index (χ4v) is 1.89. The zero-order chi connectivity index (χ0) is 13.8. The van der Waals surface area contributed by atoms with E-state index in [-0.39, 0.29) is 12.5 Å².